The Balaban J connectivity index is 1.40. The molecule has 0 radical (unpaired) electrons. The number of carbonyl (C=O) groups excluding carboxylic acids is 1. The molecule has 1 aliphatic heterocycles. The van der Waals surface area contributed by atoms with Crippen molar-refractivity contribution in [1.82, 2.24) is 29.5 Å². The van der Waals surface area contributed by atoms with Crippen LogP contribution < -0.4 is 10.6 Å². The fourth-order valence-corrected chi connectivity index (χ4v) is 4.57. The van der Waals surface area contributed by atoms with Gasteiger partial charge in [-0.25, -0.2) is 19.5 Å². The van der Waals surface area contributed by atoms with E-state index < -0.39 is 6.98 Å². The molecule has 2 N–H and O–H groups in total. The number of nitrogens with zero attached hydrogens (tertiary/aromatic N) is 6. The number of pyridine rings is 3. The number of hydrogen-bond donors (Lipinski definition) is 2. The predicted molar refractivity (Wildman–Crippen MR) is 133 cm³/mol. The lowest BCUT2D eigenvalue weighted by molar-refractivity contribution is -0.117. The molecular formula is C25H28N8O2. The zero-order valence-corrected chi connectivity index (χ0v) is 19.5. The third-order valence-electron chi connectivity index (χ3n) is 6.82. The van der Waals surface area contributed by atoms with E-state index >= 15 is 0 Å². The average molecular weight is 476 g/mol. The van der Waals surface area contributed by atoms with Crippen LogP contribution in [0.1, 0.15) is 29.1 Å². The van der Waals surface area contributed by atoms with Gasteiger partial charge in [-0.1, -0.05) is 13.0 Å². The monoisotopic (exact) mass is 475 g/mol. The van der Waals surface area contributed by atoms with Crippen LogP contribution >= 0.6 is 0 Å². The number of ether oxygens (including phenoxy) is 1. The third-order valence-corrected chi connectivity index (χ3v) is 6.82. The molecule has 4 aromatic rings. The molecule has 4 aromatic heterocycles. The van der Waals surface area contributed by atoms with Gasteiger partial charge in [0.25, 0.3) is 0 Å². The maximum atomic E-state index is 12.5. The van der Waals surface area contributed by atoms with Crippen molar-refractivity contribution < 1.29 is 13.6 Å². The van der Waals surface area contributed by atoms with Crippen LogP contribution in [-0.4, -0.2) is 69.1 Å². The van der Waals surface area contributed by atoms with Crippen molar-refractivity contribution in [3.8, 4) is 11.4 Å². The summed E-state index contributed by atoms with van der Waals surface area (Å²) in [5, 5.41) is 11.2. The molecule has 0 spiro atoms. The van der Waals surface area contributed by atoms with Crippen LogP contribution in [0.4, 0.5) is 11.6 Å². The lowest BCUT2D eigenvalue weighted by Gasteiger charge is -2.30. The molecule has 0 bridgehead atoms. The predicted octanol–water partition coefficient (Wildman–Crippen LogP) is 2.98. The Hall–Kier alpha value is -3.63. The summed E-state index contributed by atoms with van der Waals surface area (Å²) >= 11 is 0. The minimum absolute atomic E-state index is 0.0144. The Labute approximate surface area is 206 Å². The van der Waals surface area contributed by atoms with Crippen LogP contribution in [-0.2, 0) is 9.53 Å². The molecule has 5 heterocycles. The van der Waals surface area contributed by atoms with E-state index in [9.17, 15) is 4.79 Å². The molecule has 2 fully saturated rings. The number of amides is 1. The van der Waals surface area contributed by atoms with Crippen LogP contribution in [0.15, 0.2) is 36.8 Å². The zero-order chi connectivity index (χ0) is 26.6. The summed E-state index contributed by atoms with van der Waals surface area (Å²) in [6, 6.07) is 5.60. The summed E-state index contributed by atoms with van der Waals surface area (Å²) in [7, 11) is 2.07. The molecule has 180 valence electrons. The van der Waals surface area contributed by atoms with Gasteiger partial charge in [0.2, 0.25) is 5.91 Å². The van der Waals surface area contributed by atoms with Crippen LogP contribution in [0.25, 0.3) is 27.8 Å². The first-order valence-corrected chi connectivity index (χ1v) is 11.7. The zero-order valence-electron chi connectivity index (χ0n) is 22.5. The van der Waals surface area contributed by atoms with E-state index in [1.54, 1.807) is 16.8 Å². The highest BCUT2D eigenvalue weighted by Gasteiger charge is 2.39. The highest BCUT2D eigenvalue weighted by Crippen LogP contribution is 2.39. The van der Waals surface area contributed by atoms with Gasteiger partial charge in [0.1, 0.15) is 11.6 Å². The van der Waals surface area contributed by atoms with Crippen LogP contribution in [0.5, 0.6) is 0 Å². The number of morpholine rings is 1. The van der Waals surface area contributed by atoms with Gasteiger partial charge in [-0.15, -0.1) is 5.10 Å². The van der Waals surface area contributed by atoms with Gasteiger partial charge in [-0.05, 0) is 31.5 Å². The molecule has 1 amide bonds. The summed E-state index contributed by atoms with van der Waals surface area (Å²) in [5.41, 5.74) is 2.24. The number of anilines is 2. The Kier molecular flexibility index (Phi) is 4.56. The standard InChI is InChI=1S/C25H28N8O2/c1-14-8-16(14)25(34)29-21-9-17-18(10-27-21)23(26-2)28-11-19(17)24-30-22-5-4-15(12-33(22)31-24)20-13-32(3)6-7-35-20/h4-5,9-12,14,16,20H,6-8,13H2,1-3H3,(H,26,28)(H,27,29,34)/t14-,16+,20+/m1/s1/i2D3. The van der Waals surface area contributed by atoms with Crippen molar-refractivity contribution in [1.29, 1.82) is 0 Å². The van der Waals surface area contributed by atoms with Crippen LogP contribution in [0.3, 0.4) is 0 Å². The van der Waals surface area contributed by atoms with Crippen molar-refractivity contribution in [2.24, 2.45) is 11.8 Å². The number of likely N-dealkylation sites (N-methyl/N-ethyl adjacent to an activating group) is 1. The van der Waals surface area contributed by atoms with Gasteiger partial charge in [-0.2, -0.15) is 0 Å². The molecular weight excluding hydrogens is 444 g/mol. The molecule has 10 heteroatoms. The number of rotatable bonds is 5. The van der Waals surface area contributed by atoms with Crippen molar-refractivity contribution >= 4 is 34.0 Å². The molecule has 10 nitrogen and oxygen atoms in total. The van der Waals surface area contributed by atoms with Crippen molar-refractivity contribution in [2.45, 2.75) is 19.4 Å². The van der Waals surface area contributed by atoms with Crippen LogP contribution in [0.2, 0.25) is 0 Å². The van der Waals surface area contributed by atoms with Gasteiger partial charge in [0.05, 0.1) is 12.7 Å². The average Bonchev–Trinajstić information content (AvgIpc) is 3.45. The Morgan fingerprint density at radius 2 is 2.14 bits per heavy atom. The molecule has 6 rings (SSSR count). The molecule has 1 saturated carbocycles. The number of carbonyl (C=O) groups is 1. The first-order valence-electron chi connectivity index (χ1n) is 13.2. The van der Waals surface area contributed by atoms with Gasteiger partial charge >= 0.3 is 0 Å². The molecule has 1 aliphatic carbocycles. The summed E-state index contributed by atoms with van der Waals surface area (Å²) in [4.78, 5) is 28.2. The summed E-state index contributed by atoms with van der Waals surface area (Å²) in [6.45, 7) is 1.95. The smallest absolute Gasteiger partial charge is 0.228 e. The highest BCUT2D eigenvalue weighted by molar-refractivity contribution is 6.03. The van der Waals surface area contributed by atoms with Gasteiger partial charge in [0.15, 0.2) is 11.5 Å². The van der Waals surface area contributed by atoms with E-state index in [1.165, 1.54) is 6.20 Å². The van der Waals surface area contributed by atoms with Gasteiger partial charge in [0, 0.05) is 70.6 Å². The van der Waals surface area contributed by atoms with Gasteiger partial charge < -0.3 is 20.3 Å². The topological polar surface area (TPSA) is 110 Å². The lowest BCUT2D eigenvalue weighted by atomic mass is 10.1. The van der Waals surface area contributed by atoms with Gasteiger partial charge in [-0.3, -0.25) is 4.79 Å². The van der Waals surface area contributed by atoms with Crippen molar-refractivity contribution in [3.63, 3.8) is 0 Å². The maximum absolute atomic E-state index is 12.5. The SMILES string of the molecule is [2H]C([2H])([2H])Nc1ncc(-c2nc3ccc([C@@H]4CN(C)CCO4)cn3n2)c2cc(NC(=O)[C@H]3C[C@H]3C)ncc12. The maximum Gasteiger partial charge on any atom is 0.228 e. The van der Waals surface area contributed by atoms with E-state index in [4.69, 9.17) is 18.9 Å². The lowest BCUT2D eigenvalue weighted by Crippen LogP contribution is -2.35. The summed E-state index contributed by atoms with van der Waals surface area (Å²) in [5.74, 6) is 1.22. The van der Waals surface area contributed by atoms with Crippen molar-refractivity contribution in [3.05, 3.63) is 42.4 Å². The van der Waals surface area contributed by atoms with E-state index in [-0.39, 0.29) is 23.7 Å². The van der Waals surface area contributed by atoms with E-state index in [0.717, 1.165) is 25.1 Å². The van der Waals surface area contributed by atoms with E-state index in [0.29, 0.717) is 46.2 Å². The number of fused-ring (bicyclic) bond motifs is 2. The Morgan fingerprint density at radius 3 is 2.94 bits per heavy atom. The molecule has 35 heavy (non-hydrogen) atoms. The van der Waals surface area contributed by atoms with Crippen LogP contribution in [0, 0.1) is 11.8 Å². The fourth-order valence-electron chi connectivity index (χ4n) is 4.57. The molecule has 3 atom stereocenters. The molecule has 0 unspecified atom stereocenters. The Morgan fingerprint density at radius 1 is 1.26 bits per heavy atom. The fraction of sp³-hybridized carbons (Fsp3) is 0.400. The first kappa shape index (κ1) is 18.7. The molecule has 0 aromatic carbocycles. The normalized spacial score (nSPS) is 24.1. The quantitative estimate of drug-likeness (QED) is 0.453. The number of hydrogen-bond acceptors (Lipinski definition) is 8. The molecule has 1 saturated heterocycles. The first-order chi connectivity index (χ1) is 18.1. The largest absolute Gasteiger partial charge is 0.373 e. The number of aromatic nitrogens is 5. The number of nitrogens with one attached hydrogen (secondary N) is 2. The summed E-state index contributed by atoms with van der Waals surface area (Å²) < 4.78 is 30.5. The minimum Gasteiger partial charge on any atom is -0.373 e. The Bertz CT molecular complexity index is 1540. The van der Waals surface area contributed by atoms with Crippen molar-refractivity contribution in [2.75, 3.05) is 44.4 Å². The van der Waals surface area contributed by atoms with E-state index in [1.807, 2.05) is 25.3 Å². The van der Waals surface area contributed by atoms with E-state index in [2.05, 4.69) is 32.5 Å². The summed E-state index contributed by atoms with van der Waals surface area (Å²) in [6.07, 6.45) is 5.78. The second-order valence-electron chi connectivity index (χ2n) is 9.39. The highest BCUT2D eigenvalue weighted by atomic mass is 16.5. The minimum atomic E-state index is -2.44. The molecule has 2 aliphatic rings. The second-order valence-corrected chi connectivity index (χ2v) is 9.39. The third kappa shape index (κ3) is 4.08. The second kappa shape index (κ2) is 8.54.